The van der Waals surface area contributed by atoms with Crippen LogP contribution in [0.2, 0.25) is 0 Å². The lowest BCUT2D eigenvalue weighted by Crippen LogP contribution is -2.26. The summed E-state index contributed by atoms with van der Waals surface area (Å²) in [6, 6.07) is 15.1. The van der Waals surface area contributed by atoms with Crippen molar-refractivity contribution in [2.24, 2.45) is 5.92 Å². The van der Waals surface area contributed by atoms with Crippen molar-refractivity contribution >= 4 is 5.91 Å². The quantitative estimate of drug-likeness (QED) is 0.544. The van der Waals surface area contributed by atoms with Gasteiger partial charge < -0.3 is 5.32 Å². The van der Waals surface area contributed by atoms with Crippen LogP contribution in [-0.2, 0) is 19.3 Å². The first-order chi connectivity index (χ1) is 13.7. The molecule has 2 aromatic rings. The number of carbonyl (C=O) groups excluding carboxylic acids is 1. The SMILES string of the molecule is O=C(NO)c1ccc2c(c1)CCC(CCc1cccc(C3CCNCC3)c1)C2. The van der Waals surface area contributed by atoms with E-state index in [1.807, 2.05) is 12.1 Å². The lowest BCUT2D eigenvalue weighted by Gasteiger charge is -2.25. The van der Waals surface area contributed by atoms with Crippen LogP contribution in [0.5, 0.6) is 0 Å². The van der Waals surface area contributed by atoms with Gasteiger partial charge in [0, 0.05) is 5.56 Å². The van der Waals surface area contributed by atoms with E-state index in [-0.39, 0.29) is 0 Å². The number of piperidine rings is 1. The molecule has 0 saturated carbocycles. The Labute approximate surface area is 167 Å². The highest BCUT2D eigenvalue weighted by atomic mass is 16.5. The molecule has 1 unspecified atom stereocenters. The molecular formula is C24H30N2O2. The smallest absolute Gasteiger partial charge is 0.274 e. The maximum atomic E-state index is 11.6. The molecule has 4 heteroatoms. The highest BCUT2D eigenvalue weighted by molar-refractivity contribution is 5.93. The Balaban J connectivity index is 1.35. The van der Waals surface area contributed by atoms with Crippen molar-refractivity contribution < 1.29 is 10.0 Å². The number of hydroxylamine groups is 1. The van der Waals surface area contributed by atoms with E-state index in [0.29, 0.717) is 17.4 Å². The van der Waals surface area contributed by atoms with Gasteiger partial charge in [-0.3, -0.25) is 10.0 Å². The second-order valence-electron chi connectivity index (χ2n) is 8.34. The predicted octanol–water partition coefficient (Wildman–Crippen LogP) is 4.01. The average molecular weight is 379 g/mol. The minimum Gasteiger partial charge on any atom is -0.317 e. The Kier molecular flexibility index (Phi) is 6.08. The number of rotatable bonds is 5. The number of benzene rings is 2. The molecule has 0 bridgehead atoms. The van der Waals surface area contributed by atoms with E-state index in [0.717, 1.165) is 32.4 Å². The van der Waals surface area contributed by atoms with Crippen LogP contribution < -0.4 is 10.8 Å². The maximum absolute atomic E-state index is 11.6. The molecule has 1 atom stereocenters. The summed E-state index contributed by atoms with van der Waals surface area (Å²) in [5.74, 6) is 0.985. The van der Waals surface area contributed by atoms with E-state index in [4.69, 9.17) is 5.21 Å². The molecule has 1 aliphatic heterocycles. The number of amides is 1. The van der Waals surface area contributed by atoms with Crippen molar-refractivity contribution in [1.82, 2.24) is 10.8 Å². The Morgan fingerprint density at radius 3 is 2.75 bits per heavy atom. The average Bonchev–Trinajstić information content (AvgIpc) is 2.77. The van der Waals surface area contributed by atoms with Crippen LogP contribution in [0.15, 0.2) is 42.5 Å². The van der Waals surface area contributed by atoms with Gasteiger partial charge in [-0.2, -0.15) is 0 Å². The van der Waals surface area contributed by atoms with E-state index < -0.39 is 5.91 Å². The lowest BCUT2D eigenvalue weighted by atomic mass is 9.80. The van der Waals surface area contributed by atoms with Crippen LogP contribution in [0.1, 0.15) is 64.2 Å². The zero-order valence-corrected chi connectivity index (χ0v) is 16.4. The molecule has 1 fully saturated rings. The number of fused-ring (bicyclic) bond motifs is 1. The number of carbonyl (C=O) groups is 1. The standard InChI is InChI=1S/C24H30N2O2/c27-24(26-28)23-9-8-21-15-18(6-7-22(21)16-23)5-4-17-2-1-3-20(14-17)19-10-12-25-13-11-19/h1-3,8-9,14,16,18-19,25,28H,4-7,10-13,15H2,(H,26,27). The first-order valence-electron chi connectivity index (χ1n) is 10.6. The second-order valence-corrected chi connectivity index (χ2v) is 8.34. The van der Waals surface area contributed by atoms with Gasteiger partial charge in [-0.15, -0.1) is 0 Å². The van der Waals surface area contributed by atoms with Crippen molar-refractivity contribution in [1.29, 1.82) is 0 Å². The summed E-state index contributed by atoms with van der Waals surface area (Å²) in [6.45, 7) is 2.27. The molecule has 2 aliphatic rings. The van der Waals surface area contributed by atoms with Crippen LogP contribution in [-0.4, -0.2) is 24.2 Å². The van der Waals surface area contributed by atoms with Gasteiger partial charge >= 0.3 is 0 Å². The number of aryl methyl sites for hydroxylation is 2. The monoisotopic (exact) mass is 378 g/mol. The summed E-state index contributed by atoms with van der Waals surface area (Å²) in [6.07, 6.45) is 8.13. The molecule has 0 aromatic heterocycles. The number of nitrogens with one attached hydrogen (secondary N) is 2. The van der Waals surface area contributed by atoms with E-state index in [2.05, 4.69) is 35.6 Å². The zero-order valence-electron chi connectivity index (χ0n) is 16.4. The summed E-state index contributed by atoms with van der Waals surface area (Å²) in [5, 5.41) is 12.3. The molecule has 2 aromatic carbocycles. The lowest BCUT2D eigenvalue weighted by molar-refractivity contribution is 0.0706. The van der Waals surface area contributed by atoms with Gasteiger partial charge in [0.05, 0.1) is 0 Å². The van der Waals surface area contributed by atoms with Gasteiger partial charge in [0.15, 0.2) is 0 Å². The molecule has 3 N–H and O–H groups in total. The van der Waals surface area contributed by atoms with Crippen molar-refractivity contribution in [3.63, 3.8) is 0 Å². The van der Waals surface area contributed by atoms with Gasteiger partial charge in [0.2, 0.25) is 0 Å². The molecule has 28 heavy (non-hydrogen) atoms. The normalized spacial score (nSPS) is 19.8. The molecule has 148 valence electrons. The molecular weight excluding hydrogens is 348 g/mol. The van der Waals surface area contributed by atoms with E-state index in [1.165, 1.54) is 47.9 Å². The fourth-order valence-electron chi connectivity index (χ4n) is 4.81. The fourth-order valence-corrected chi connectivity index (χ4v) is 4.81. The molecule has 0 spiro atoms. The maximum Gasteiger partial charge on any atom is 0.274 e. The summed E-state index contributed by atoms with van der Waals surface area (Å²) >= 11 is 0. The van der Waals surface area contributed by atoms with Crippen molar-refractivity contribution in [3.05, 3.63) is 70.3 Å². The Bertz CT molecular complexity index is 827. The minimum absolute atomic E-state index is 0.432. The van der Waals surface area contributed by atoms with Crippen LogP contribution in [0.25, 0.3) is 0 Å². The van der Waals surface area contributed by atoms with Gasteiger partial charge in [0.1, 0.15) is 0 Å². The van der Waals surface area contributed by atoms with Gasteiger partial charge in [-0.05, 0) is 104 Å². The van der Waals surface area contributed by atoms with Crippen LogP contribution in [0, 0.1) is 5.92 Å². The fraction of sp³-hybridized carbons (Fsp3) is 0.458. The van der Waals surface area contributed by atoms with E-state index in [1.54, 1.807) is 5.48 Å². The molecule has 0 radical (unpaired) electrons. The van der Waals surface area contributed by atoms with E-state index in [9.17, 15) is 4.79 Å². The van der Waals surface area contributed by atoms with Crippen LogP contribution in [0.3, 0.4) is 0 Å². The van der Waals surface area contributed by atoms with Crippen molar-refractivity contribution in [3.8, 4) is 0 Å². The van der Waals surface area contributed by atoms with Gasteiger partial charge in [-0.1, -0.05) is 30.3 Å². The predicted molar refractivity (Wildman–Crippen MR) is 111 cm³/mol. The summed E-state index contributed by atoms with van der Waals surface area (Å²) in [7, 11) is 0. The third kappa shape index (κ3) is 4.45. The van der Waals surface area contributed by atoms with Gasteiger partial charge in [0.25, 0.3) is 5.91 Å². The summed E-state index contributed by atoms with van der Waals surface area (Å²) in [5.41, 5.74) is 7.85. The van der Waals surface area contributed by atoms with Crippen molar-refractivity contribution in [2.45, 2.75) is 50.9 Å². The molecule has 1 saturated heterocycles. The topological polar surface area (TPSA) is 61.4 Å². The summed E-state index contributed by atoms with van der Waals surface area (Å²) < 4.78 is 0. The Morgan fingerprint density at radius 2 is 1.93 bits per heavy atom. The second kappa shape index (κ2) is 8.89. The molecule has 1 heterocycles. The minimum atomic E-state index is -0.432. The van der Waals surface area contributed by atoms with Gasteiger partial charge in [-0.25, -0.2) is 5.48 Å². The number of hydrogen-bond donors (Lipinski definition) is 3. The molecule has 1 aliphatic carbocycles. The molecule has 1 amide bonds. The third-order valence-electron chi connectivity index (χ3n) is 6.50. The van der Waals surface area contributed by atoms with Crippen LogP contribution >= 0.6 is 0 Å². The highest BCUT2D eigenvalue weighted by Crippen LogP contribution is 2.30. The molecule has 4 rings (SSSR count). The third-order valence-corrected chi connectivity index (χ3v) is 6.50. The highest BCUT2D eigenvalue weighted by Gasteiger charge is 2.20. The Morgan fingerprint density at radius 1 is 1.07 bits per heavy atom. The summed E-state index contributed by atoms with van der Waals surface area (Å²) in [4.78, 5) is 11.6. The zero-order chi connectivity index (χ0) is 19.3. The molecule has 4 nitrogen and oxygen atoms in total. The van der Waals surface area contributed by atoms with Crippen LogP contribution in [0.4, 0.5) is 0 Å². The van der Waals surface area contributed by atoms with E-state index >= 15 is 0 Å². The largest absolute Gasteiger partial charge is 0.317 e. The number of hydrogen-bond acceptors (Lipinski definition) is 3. The Hall–Kier alpha value is -2.17. The first-order valence-corrected chi connectivity index (χ1v) is 10.6. The first kappa shape index (κ1) is 19.2. The van der Waals surface area contributed by atoms with Crippen molar-refractivity contribution in [2.75, 3.05) is 13.1 Å².